The number of ether oxygens (including phenoxy) is 1. The van der Waals surface area contributed by atoms with Crippen LogP contribution in [0.5, 0.6) is 0 Å². The fraction of sp³-hybridized carbons (Fsp3) is 0.500. The molecule has 1 unspecified atom stereocenters. The zero-order chi connectivity index (χ0) is 17.6. The van der Waals surface area contributed by atoms with Gasteiger partial charge in [0.05, 0.1) is 6.10 Å². The molecule has 0 saturated carbocycles. The van der Waals surface area contributed by atoms with Crippen molar-refractivity contribution in [1.82, 2.24) is 4.89 Å². The van der Waals surface area contributed by atoms with Crippen molar-refractivity contribution >= 4 is 21.6 Å². The Morgan fingerprint density at radius 3 is 2.35 bits per heavy atom. The van der Waals surface area contributed by atoms with Crippen LogP contribution in [0.1, 0.15) is 25.0 Å². The van der Waals surface area contributed by atoms with Crippen molar-refractivity contribution in [3.8, 4) is 0 Å². The third kappa shape index (κ3) is 5.88. The first-order valence-electron chi connectivity index (χ1n) is 6.94. The minimum absolute atomic E-state index is 0.156. The van der Waals surface area contributed by atoms with Crippen LogP contribution in [0.15, 0.2) is 18.2 Å². The Bertz CT molecular complexity index is 624. The van der Waals surface area contributed by atoms with Gasteiger partial charge in [-0.3, -0.25) is 9.63 Å². The van der Waals surface area contributed by atoms with E-state index >= 15 is 0 Å². The summed E-state index contributed by atoms with van der Waals surface area (Å²) in [5, 5.41) is 12.1. The number of anilines is 1. The van der Waals surface area contributed by atoms with Crippen LogP contribution >= 0.6 is 0 Å². The molecular formula is C14H22N2O6S. The van der Waals surface area contributed by atoms with Gasteiger partial charge in [-0.05, 0) is 38.8 Å². The van der Waals surface area contributed by atoms with Gasteiger partial charge in [-0.15, -0.1) is 0 Å². The molecule has 0 heterocycles. The third-order valence-corrected chi connectivity index (χ3v) is 4.03. The number of para-hydroxylation sites is 1. The molecule has 1 amide bonds. The van der Waals surface area contributed by atoms with Crippen molar-refractivity contribution in [2.75, 3.05) is 12.1 Å². The Balaban J connectivity index is 2.68. The second kappa shape index (κ2) is 8.37. The number of hydrogen-bond acceptors (Lipinski definition) is 6. The van der Waals surface area contributed by atoms with Crippen molar-refractivity contribution in [2.24, 2.45) is 0 Å². The summed E-state index contributed by atoms with van der Waals surface area (Å²) in [4.78, 5) is 18.2. The van der Waals surface area contributed by atoms with Crippen molar-refractivity contribution in [2.45, 2.75) is 39.2 Å². The molecule has 0 aliphatic carbocycles. The highest BCUT2D eigenvalue weighted by molar-refractivity contribution is 7.90. The number of aliphatic hydroxyl groups excluding tert-OH is 1. The van der Waals surface area contributed by atoms with Crippen molar-refractivity contribution in [3.05, 3.63) is 29.3 Å². The van der Waals surface area contributed by atoms with Gasteiger partial charge in [0.2, 0.25) is 0 Å². The molecule has 0 spiro atoms. The van der Waals surface area contributed by atoms with Gasteiger partial charge in [0.15, 0.2) is 6.79 Å². The summed E-state index contributed by atoms with van der Waals surface area (Å²) in [6.07, 6.45) is -0.156. The topological polar surface area (TPSA) is 114 Å². The van der Waals surface area contributed by atoms with E-state index in [2.05, 4.69) is 10.2 Å². The van der Waals surface area contributed by atoms with Gasteiger partial charge < -0.3 is 15.2 Å². The lowest BCUT2D eigenvalue weighted by Gasteiger charge is -2.16. The third-order valence-electron chi connectivity index (χ3n) is 2.88. The molecule has 1 aromatic rings. The smallest absolute Gasteiger partial charge is 0.270 e. The summed E-state index contributed by atoms with van der Waals surface area (Å²) in [6.45, 7) is 6.65. The number of hydrogen-bond donors (Lipinski definition) is 3. The fourth-order valence-electron chi connectivity index (χ4n) is 1.66. The lowest BCUT2D eigenvalue weighted by atomic mass is 10.1. The normalized spacial score (nSPS) is 13.1. The molecule has 0 aromatic heterocycles. The molecule has 0 aliphatic heterocycles. The Morgan fingerprint density at radius 2 is 1.83 bits per heavy atom. The highest BCUT2D eigenvalue weighted by Crippen LogP contribution is 2.19. The Kier molecular flexibility index (Phi) is 7.10. The van der Waals surface area contributed by atoms with E-state index in [9.17, 15) is 18.3 Å². The molecule has 8 nitrogen and oxygen atoms in total. The molecule has 130 valence electrons. The Hall–Kier alpha value is -1.52. The molecule has 0 radical (unpaired) electrons. The zero-order valence-electron chi connectivity index (χ0n) is 13.5. The number of rotatable bonds is 8. The molecule has 0 saturated heterocycles. The van der Waals surface area contributed by atoms with Gasteiger partial charge in [0, 0.05) is 5.69 Å². The summed E-state index contributed by atoms with van der Waals surface area (Å²) in [5.74, 6) is -1.08. The molecule has 0 fully saturated rings. The number of amides is 1. The van der Waals surface area contributed by atoms with E-state index in [0.29, 0.717) is 5.69 Å². The summed E-state index contributed by atoms with van der Waals surface area (Å²) in [6, 6.07) is 5.32. The molecule has 23 heavy (non-hydrogen) atoms. The SMILES string of the molecule is Cc1cccc(C)c1NC(=O)C(O)S(=O)(=O)NOCOC(C)C. The first kappa shape index (κ1) is 19.5. The van der Waals surface area contributed by atoms with Crippen LogP contribution in [0.3, 0.4) is 0 Å². The molecule has 1 rings (SSSR count). The zero-order valence-corrected chi connectivity index (χ0v) is 14.3. The maximum atomic E-state index is 11.9. The summed E-state index contributed by atoms with van der Waals surface area (Å²) in [7, 11) is -4.41. The number of nitrogens with one attached hydrogen (secondary N) is 2. The van der Waals surface area contributed by atoms with Crippen LogP contribution in [0.2, 0.25) is 0 Å². The van der Waals surface area contributed by atoms with E-state index in [4.69, 9.17) is 4.74 Å². The Morgan fingerprint density at radius 1 is 1.26 bits per heavy atom. The maximum Gasteiger partial charge on any atom is 0.270 e. The molecular weight excluding hydrogens is 324 g/mol. The van der Waals surface area contributed by atoms with Crippen LogP contribution in [-0.4, -0.2) is 37.8 Å². The minimum atomic E-state index is -4.41. The number of sulfonamides is 1. The quantitative estimate of drug-likeness (QED) is 0.364. The lowest BCUT2D eigenvalue weighted by Crippen LogP contribution is -2.42. The first-order valence-corrected chi connectivity index (χ1v) is 8.49. The highest BCUT2D eigenvalue weighted by atomic mass is 32.2. The summed E-state index contributed by atoms with van der Waals surface area (Å²) < 4.78 is 28.5. The van der Waals surface area contributed by atoms with E-state index in [0.717, 1.165) is 11.1 Å². The van der Waals surface area contributed by atoms with E-state index in [-0.39, 0.29) is 12.9 Å². The van der Waals surface area contributed by atoms with Crippen molar-refractivity contribution in [1.29, 1.82) is 0 Å². The minimum Gasteiger partial charge on any atom is -0.368 e. The average Bonchev–Trinajstić information content (AvgIpc) is 2.46. The summed E-state index contributed by atoms with van der Waals surface area (Å²) in [5.41, 5.74) is -0.369. The van der Waals surface area contributed by atoms with Crippen molar-refractivity contribution < 1.29 is 27.9 Å². The van der Waals surface area contributed by atoms with Gasteiger partial charge in [-0.1, -0.05) is 23.1 Å². The average molecular weight is 346 g/mol. The molecule has 1 atom stereocenters. The predicted octanol–water partition coefficient (Wildman–Crippen LogP) is 0.794. The number of aryl methyl sites for hydroxylation is 2. The predicted molar refractivity (Wildman–Crippen MR) is 84.8 cm³/mol. The van der Waals surface area contributed by atoms with E-state index in [1.807, 2.05) is 0 Å². The number of benzene rings is 1. The molecule has 1 aromatic carbocycles. The monoisotopic (exact) mass is 346 g/mol. The molecule has 3 N–H and O–H groups in total. The highest BCUT2D eigenvalue weighted by Gasteiger charge is 2.31. The van der Waals surface area contributed by atoms with Gasteiger partial charge >= 0.3 is 0 Å². The maximum absolute atomic E-state index is 11.9. The van der Waals surface area contributed by atoms with Crippen LogP contribution in [0.25, 0.3) is 0 Å². The Labute approximate surface area is 135 Å². The standard InChI is InChI=1S/C14H22N2O6S/c1-9(2)21-8-22-16-23(19,20)14(18)13(17)15-12-10(3)6-5-7-11(12)4/h5-7,9,14,16,18H,8H2,1-4H3,(H,15,17). The first-order chi connectivity index (χ1) is 10.6. The van der Waals surface area contributed by atoms with E-state index < -0.39 is 21.4 Å². The van der Waals surface area contributed by atoms with E-state index in [1.165, 1.54) is 0 Å². The number of aliphatic hydroxyl groups is 1. The largest absolute Gasteiger partial charge is 0.368 e. The summed E-state index contributed by atoms with van der Waals surface area (Å²) >= 11 is 0. The molecule has 0 bridgehead atoms. The van der Waals surface area contributed by atoms with Crippen molar-refractivity contribution in [3.63, 3.8) is 0 Å². The second-order valence-corrected chi connectivity index (χ2v) is 6.92. The van der Waals surface area contributed by atoms with Crippen LogP contribution < -0.4 is 10.2 Å². The number of carbonyl (C=O) groups excluding carboxylic acids is 1. The number of carbonyl (C=O) groups is 1. The van der Waals surface area contributed by atoms with Gasteiger partial charge in [0.25, 0.3) is 21.4 Å². The van der Waals surface area contributed by atoms with Crippen LogP contribution in [0.4, 0.5) is 5.69 Å². The van der Waals surface area contributed by atoms with Gasteiger partial charge in [0.1, 0.15) is 0 Å². The molecule has 0 aliphatic rings. The van der Waals surface area contributed by atoms with Gasteiger partial charge in [-0.25, -0.2) is 8.42 Å². The lowest BCUT2D eigenvalue weighted by molar-refractivity contribution is -0.121. The van der Waals surface area contributed by atoms with Crippen LogP contribution in [0, 0.1) is 13.8 Å². The second-order valence-electron chi connectivity index (χ2n) is 5.21. The molecule has 9 heteroatoms. The van der Waals surface area contributed by atoms with Crippen LogP contribution in [-0.2, 0) is 24.4 Å². The fourth-order valence-corrected chi connectivity index (χ4v) is 2.30. The van der Waals surface area contributed by atoms with Gasteiger partial charge in [-0.2, -0.15) is 0 Å². The van der Waals surface area contributed by atoms with E-state index in [1.54, 1.807) is 50.8 Å².